The zero-order chi connectivity index (χ0) is 20.3. The second-order valence-corrected chi connectivity index (χ2v) is 7.16. The highest BCUT2D eigenvalue weighted by molar-refractivity contribution is 14.1. The molecule has 2 aromatic carbocycles. The number of rotatable bonds is 4. The number of nitro benzene ring substituents is 1. The van der Waals surface area contributed by atoms with Gasteiger partial charge in [0.2, 0.25) is 0 Å². The van der Waals surface area contributed by atoms with Crippen LogP contribution in [0.3, 0.4) is 0 Å². The van der Waals surface area contributed by atoms with Crippen LogP contribution in [0.25, 0.3) is 11.3 Å². The van der Waals surface area contributed by atoms with E-state index in [1.54, 1.807) is 12.1 Å². The van der Waals surface area contributed by atoms with Gasteiger partial charge < -0.3 is 9.73 Å². The second kappa shape index (κ2) is 8.44. The molecule has 1 amide bonds. The molecular formula is C18H11FIN3O4S. The monoisotopic (exact) mass is 511 g/mol. The van der Waals surface area contributed by atoms with E-state index in [1.165, 1.54) is 42.5 Å². The van der Waals surface area contributed by atoms with Crippen LogP contribution in [-0.4, -0.2) is 15.9 Å². The molecule has 0 spiro atoms. The molecule has 3 rings (SSSR count). The molecule has 0 fully saturated rings. The number of halogens is 2. The number of thiocarbonyl (C=S) groups is 1. The summed E-state index contributed by atoms with van der Waals surface area (Å²) in [5.74, 6) is -0.903. The Hall–Kier alpha value is -2.86. The van der Waals surface area contributed by atoms with Crippen LogP contribution in [0.4, 0.5) is 15.8 Å². The number of nitrogens with zero attached hydrogens (tertiary/aromatic N) is 1. The van der Waals surface area contributed by atoms with Crippen LogP contribution in [0.2, 0.25) is 0 Å². The summed E-state index contributed by atoms with van der Waals surface area (Å²) < 4.78 is 20.0. The molecule has 0 radical (unpaired) electrons. The molecule has 2 N–H and O–H groups in total. The van der Waals surface area contributed by atoms with Gasteiger partial charge in [-0.15, -0.1) is 0 Å². The van der Waals surface area contributed by atoms with Gasteiger partial charge in [-0.25, -0.2) is 4.39 Å². The van der Waals surface area contributed by atoms with Crippen molar-refractivity contribution in [3.8, 4) is 11.3 Å². The Morgan fingerprint density at radius 2 is 1.96 bits per heavy atom. The van der Waals surface area contributed by atoms with E-state index in [2.05, 4.69) is 10.6 Å². The minimum absolute atomic E-state index is 0.0475. The molecule has 1 aromatic heterocycles. The van der Waals surface area contributed by atoms with Gasteiger partial charge >= 0.3 is 0 Å². The fraction of sp³-hybridized carbons (Fsp3) is 0. The number of nitrogens with one attached hydrogen (secondary N) is 2. The van der Waals surface area contributed by atoms with E-state index in [0.29, 0.717) is 5.56 Å². The van der Waals surface area contributed by atoms with Crippen molar-refractivity contribution in [2.24, 2.45) is 0 Å². The number of hydrogen-bond donors (Lipinski definition) is 2. The van der Waals surface area contributed by atoms with Crippen LogP contribution in [-0.2, 0) is 0 Å². The standard InChI is InChI=1S/C18H11FIN3O4S/c19-13-9-11(20)4-5-14(13)21-18(28)22-17(24)16-7-6-15(27-16)10-2-1-3-12(8-10)23(25)26/h1-9H,(H2,21,22,24,28). The van der Waals surface area contributed by atoms with Gasteiger partial charge in [-0.2, -0.15) is 0 Å². The highest BCUT2D eigenvalue weighted by Gasteiger charge is 2.16. The number of nitro groups is 1. The summed E-state index contributed by atoms with van der Waals surface area (Å²) in [6.45, 7) is 0. The molecule has 7 nitrogen and oxygen atoms in total. The summed E-state index contributed by atoms with van der Waals surface area (Å²) in [5, 5.41) is 15.8. The minimum atomic E-state index is -0.639. The molecule has 0 saturated heterocycles. The van der Waals surface area contributed by atoms with Gasteiger partial charge in [-0.3, -0.25) is 20.2 Å². The van der Waals surface area contributed by atoms with Crippen LogP contribution in [0, 0.1) is 19.5 Å². The molecule has 0 bridgehead atoms. The highest BCUT2D eigenvalue weighted by Crippen LogP contribution is 2.25. The van der Waals surface area contributed by atoms with Gasteiger partial charge in [-0.05, 0) is 65.1 Å². The van der Waals surface area contributed by atoms with E-state index in [4.69, 9.17) is 16.6 Å². The lowest BCUT2D eigenvalue weighted by Gasteiger charge is -2.09. The van der Waals surface area contributed by atoms with E-state index < -0.39 is 16.6 Å². The first kappa shape index (κ1) is 19.9. The molecule has 1 heterocycles. The van der Waals surface area contributed by atoms with E-state index in [0.717, 1.165) is 3.57 Å². The molecular weight excluding hydrogens is 500 g/mol. The Morgan fingerprint density at radius 1 is 1.18 bits per heavy atom. The number of amides is 1. The van der Waals surface area contributed by atoms with Crippen molar-refractivity contribution in [1.29, 1.82) is 0 Å². The predicted octanol–water partition coefficient (Wildman–Crippen LogP) is 4.73. The minimum Gasteiger partial charge on any atom is -0.451 e. The third-order valence-electron chi connectivity index (χ3n) is 3.58. The lowest BCUT2D eigenvalue weighted by Crippen LogP contribution is -2.34. The van der Waals surface area contributed by atoms with Gasteiger partial charge in [0, 0.05) is 21.3 Å². The van der Waals surface area contributed by atoms with Crippen molar-refractivity contribution >= 4 is 57.2 Å². The lowest BCUT2D eigenvalue weighted by molar-refractivity contribution is -0.384. The molecule has 0 unspecified atom stereocenters. The van der Waals surface area contributed by atoms with Gasteiger partial charge in [0.15, 0.2) is 10.9 Å². The summed E-state index contributed by atoms with van der Waals surface area (Å²) in [6.07, 6.45) is 0. The maximum Gasteiger partial charge on any atom is 0.293 e. The molecule has 0 aliphatic rings. The normalized spacial score (nSPS) is 10.4. The van der Waals surface area contributed by atoms with Crippen molar-refractivity contribution < 1.29 is 18.5 Å². The molecule has 10 heteroatoms. The zero-order valence-electron chi connectivity index (χ0n) is 13.9. The summed E-state index contributed by atoms with van der Waals surface area (Å²) in [6, 6.07) is 13.3. The van der Waals surface area contributed by atoms with E-state index in [-0.39, 0.29) is 28.0 Å². The second-order valence-electron chi connectivity index (χ2n) is 5.50. The van der Waals surface area contributed by atoms with E-state index in [1.807, 2.05) is 22.6 Å². The average molecular weight is 511 g/mol. The van der Waals surface area contributed by atoms with Crippen LogP contribution >= 0.6 is 34.8 Å². The number of non-ortho nitro benzene ring substituents is 1. The Kier molecular flexibility index (Phi) is 5.99. The Balaban J connectivity index is 1.69. The van der Waals surface area contributed by atoms with Gasteiger partial charge in [0.25, 0.3) is 11.6 Å². The molecule has 0 aliphatic carbocycles. The van der Waals surface area contributed by atoms with Crippen molar-refractivity contribution in [2.75, 3.05) is 5.32 Å². The predicted molar refractivity (Wildman–Crippen MR) is 114 cm³/mol. The number of furan rings is 1. The van der Waals surface area contributed by atoms with Crippen molar-refractivity contribution in [1.82, 2.24) is 5.32 Å². The van der Waals surface area contributed by atoms with Crippen LogP contribution < -0.4 is 10.6 Å². The summed E-state index contributed by atoms with van der Waals surface area (Å²) in [7, 11) is 0. The third kappa shape index (κ3) is 4.70. The smallest absolute Gasteiger partial charge is 0.293 e. The first-order valence-electron chi connectivity index (χ1n) is 7.75. The van der Waals surface area contributed by atoms with Crippen LogP contribution in [0.15, 0.2) is 59.0 Å². The topological polar surface area (TPSA) is 97.4 Å². The number of carbonyl (C=O) groups excluding carboxylic acids is 1. The summed E-state index contributed by atoms with van der Waals surface area (Å²) >= 11 is 7.00. The number of anilines is 1. The molecule has 0 saturated carbocycles. The van der Waals surface area contributed by atoms with Gasteiger partial charge in [0.05, 0.1) is 10.6 Å². The average Bonchev–Trinajstić information content (AvgIpc) is 3.14. The maximum atomic E-state index is 13.8. The van der Waals surface area contributed by atoms with Crippen molar-refractivity contribution in [3.63, 3.8) is 0 Å². The fourth-order valence-electron chi connectivity index (χ4n) is 2.30. The molecule has 0 aliphatic heterocycles. The Labute approximate surface area is 177 Å². The molecule has 142 valence electrons. The van der Waals surface area contributed by atoms with Crippen LogP contribution in [0.1, 0.15) is 10.6 Å². The van der Waals surface area contributed by atoms with E-state index >= 15 is 0 Å². The van der Waals surface area contributed by atoms with Gasteiger partial charge in [0.1, 0.15) is 11.6 Å². The summed E-state index contributed by atoms with van der Waals surface area (Å²) in [4.78, 5) is 22.6. The Morgan fingerprint density at radius 3 is 2.68 bits per heavy atom. The highest BCUT2D eigenvalue weighted by atomic mass is 127. The van der Waals surface area contributed by atoms with Crippen molar-refractivity contribution in [3.05, 3.63) is 79.9 Å². The number of hydrogen-bond acceptors (Lipinski definition) is 5. The van der Waals surface area contributed by atoms with E-state index in [9.17, 15) is 19.3 Å². The maximum absolute atomic E-state index is 13.8. The van der Waals surface area contributed by atoms with Crippen molar-refractivity contribution in [2.45, 2.75) is 0 Å². The fourth-order valence-corrected chi connectivity index (χ4v) is 2.95. The number of benzene rings is 2. The van der Waals surface area contributed by atoms with Gasteiger partial charge in [-0.1, -0.05) is 12.1 Å². The Bertz CT molecular complexity index is 1090. The lowest BCUT2D eigenvalue weighted by atomic mass is 10.1. The molecule has 28 heavy (non-hydrogen) atoms. The summed E-state index contributed by atoms with van der Waals surface area (Å²) in [5.41, 5.74) is 0.488. The first-order chi connectivity index (χ1) is 13.3. The molecule has 3 aromatic rings. The largest absolute Gasteiger partial charge is 0.451 e. The number of carbonyl (C=O) groups is 1. The molecule has 0 atom stereocenters. The van der Waals surface area contributed by atoms with Crippen LogP contribution in [0.5, 0.6) is 0 Å². The quantitative estimate of drug-likeness (QED) is 0.228. The zero-order valence-corrected chi connectivity index (χ0v) is 16.9. The first-order valence-corrected chi connectivity index (χ1v) is 9.24. The third-order valence-corrected chi connectivity index (χ3v) is 4.45. The SMILES string of the molecule is O=C(NC(=S)Nc1ccc(I)cc1F)c1ccc(-c2cccc([N+](=O)[O-])c2)o1.